The van der Waals surface area contributed by atoms with Crippen molar-refractivity contribution < 1.29 is 13.9 Å². The van der Waals surface area contributed by atoms with Gasteiger partial charge >= 0.3 is 0 Å². The molecule has 1 saturated heterocycles. The van der Waals surface area contributed by atoms with Crippen molar-refractivity contribution in [1.82, 2.24) is 24.5 Å². The highest BCUT2D eigenvalue weighted by atomic mass is 32.2. The van der Waals surface area contributed by atoms with Crippen LogP contribution in [0.3, 0.4) is 0 Å². The van der Waals surface area contributed by atoms with Crippen molar-refractivity contribution in [2.45, 2.75) is 44.5 Å². The molecule has 0 spiro atoms. The van der Waals surface area contributed by atoms with Gasteiger partial charge in [-0.2, -0.15) is 5.10 Å². The summed E-state index contributed by atoms with van der Waals surface area (Å²) >= 11 is 1.32. The van der Waals surface area contributed by atoms with Crippen LogP contribution in [0.5, 0.6) is 0 Å². The Hall–Kier alpha value is -2.72. The number of hydrogen-bond acceptors (Lipinski definition) is 6. The number of amides is 1. The van der Waals surface area contributed by atoms with Gasteiger partial charge < -0.3 is 10.1 Å². The molecule has 0 bridgehead atoms. The van der Waals surface area contributed by atoms with Crippen LogP contribution in [-0.2, 0) is 23.1 Å². The van der Waals surface area contributed by atoms with Crippen molar-refractivity contribution in [3.63, 3.8) is 0 Å². The minimum Gasteiger partial charge on any atom is -0.376 e. The number of benzene rings is 1. The average molecular weight is 445 g/mol. The quantitative estimate of drug-likeness (QED) is 0.563. The first-order chi connectivity index (χ1) is 14.9. The zero-order chi connectivity index (χ0) is 22.0. The Morgan fingerprint density at radius 2 is 2.06 bits per heavy atom. The smallest absolute Gasteiger partial charge is 0.234 e. The third-order valence-electron chi connectivity index (χ3n) is 5.34. The molecule has 3 aromatic rings. The summed E-state index contributed by atoms with van der Waals surface area (Å²) in [7, 11) is 1.84. The number of rotatable bonds is 7. The fourth-order valence-electron chi connectivity index (χ4n) is 3.62. The molecule has 2 aromatic heterocycles. The first-order valence-electron chi connectivity index (χ1n) is 10.2. The molecule has 1 atom stereocenters. The summed E-state index contributed by atoms with van der Waals surface area (Å²) < 4.78 is 22.9. The van der Waals surface area contributed by atoms with Gasteiger partial charge in [0.1, 0.15) is 5.82 Å². The van der Waals surface area contributed by atoms with Crippen LogP contribution in [0, 0.1) is 19.7 Å². The molecule has 0 radical (unpaired) electrons. The van der Waals surface area contributed by atoms with Crippen LogP contribution < -0.4 is 5.32 Å². The normalized spacial score (nSPS) is 16.1. The molecule has 1 fully saturated rings. The number of nitrogens with one attached hydrogen (secondary N) is 1. The van der Waals surface area contributed by atoms with Gasteiger partial charge in [-0.1, -0.05) is 11.8 Å². The maximum absolute atomic E-state index is 13.4. The molecule has 1 aliphatic rings. The van der Waals surface area contributed by atoms with E-state index < -0.39 is 0 Å². The van der Waals surface area contributed by atoms with E-state index in [0.717, 1.165) is 42.1 Å². The third-order valence-corrected chi connectivity index (χ3v) is 6.30. The van der Waals surface area contributed by atoms with Crippen molar-refractivity contribution in [3.05, 3.63) is 41.5 Å². The second-order valence-electron chi connectivity index (χ2n) is 7.56. The number of halogens is 1. The largest absolute Gasteiger partial charge is 0.376 e. The van der Waals surface area contributed by atoms with Gasteiger partial charge in [-0.15, -0.1) is 10.2 Å². The van der Waals surface area contributed by atoms with Crippen molar-refractivity contribution in [2.24, 2.45) is 7.05 Å². The molecule has 0 saturated carbocycles. The summed E-state index contributed by atoms with van der Waals surface area (Å²) in [4.78, 5) is 12.6. The summed E-state index contributed by atoms with van der Waals surface area (Å²) in [5.74, 6) is 0.374. The molecule has 0 aliphatic carbocycles. The third kappa shape index (κ3) is 4.80. The van der Waals surface area contributed by atoms with Crippen molar-refractivity contribution in [1.29, 1.82) is 0 Å². The lowest BCUT2D eigenvalue weighted by Crippen LogP contribution is -2.18. The first kappa shape index (κ1) is 21.5. The van der Waals surface area contributed by atoms with Crippen LogP contribution in [0.2, 0.25) is 0 Å². The molecule has 31 heavy (non-hydrogen) atoms. The van der Waals surface area contributed by atoms with Gasteiger partial charge in [-0.05, 0) is 51.0 Å². The van der Waals surface area contributed by atoms with E-state index in [4.69, 9.17) is 4.74 Å². The Kier molecular flexibility index (Phi) is 6.38. The summed E-state index contributed by atoms with van der Waals surface area (Å²) in [5.41, 5.74) is 3.18. The van der Waals surface area contributed by atoms with E-state index in [2.05, 4.69) is 20.6 Å². The monoisotopic (exact) mass is 444 g/mol. The number of aromatic nitrogens is 5. The molecule has 1 amide bonds. The number of aryl methyl sites for hydroxylation is 2. The molecule has 4 rings (SSSR count). The minimum absolute atomic E-state index is 0.0732. The standard InChI is InChI=1S/C21H25FN6O2S/c1-13-19(14(2)27(3)26-13)23-18(29)12-31-21-25-24-20(15-6-8-16(22)9-7-15)28(21)11-17-5-4-10-30-17/h6-9,17H,4-5,10-12H2,1-3H3,(H,23,29). The maximum atomic E-state index is 13.4. The van der Waals surface area contributed by atoms with Crippen molar-refractivity contribution in [2.75, 3.05) is 17.7 Å². The number of hydrogen-bond donors (Lipinski definition) is 1. The highest BCUT2D eigenvalue weighted by Gasteiger charge is 2.22. The lowest BCUT2D eigenvalue weighted by Gasteiger charge is -2.14. The molecule has 1 aliphatic heterocycles. The van der Waals surface area contributed by atoms with Gasteiger partial charge in [0.25, 0.3) is 0 Å². The topological polar surface area (TPSA) is 86.9 Å². The Bertz CT molecular complexity index is 1070. The highest BCUT2D eigenvalue weighted by Crippen LogP contribution is 2.27. The SMILES string of the molecule is Cc1nn(C)c(C)c1NC(=O)CSc1nnc(-c2ccc(F)cc2)n1CC1CCCO1. The fourth-order valence-corrected chi connectivity index (χ4v) is 4.37. The number of nitrogens with zero attached hydrogens (tertiary/aromatic N) is 5. The van der Waals surface area contributed by atoms with Gasteiger partial charge in [0, 0.05) is 19.2 Å². The number of anilines is 1. The minimum atomic E-state index is -0.304. The van der Waals surface area contributed by atoms with Crippen molar-refractivity contribution in [3.8, 4) is 11.4 Å². The lowest BCUT2D eigenvalue weighted by atomic mass is 10.2. The van der Waals surface area contributed by atoms with E-state index in [-0.39, 0.29) is 23.6 Å². The van der Waals surface area contributed by atoms with Gasteiger partial charge in [-0.3, -0.25) is 14.0 Å². The van der Waals surface area contributed by atoms with Crippen LogP contribution in [-0.4, -0.2) is 48.9 Å². The number of ether oxygens (including phenoxy) is 1. The first-order valence-corrected chi connectivity index (χ1v) is 11.1. The number of thioether (sulfide) groups is 1. The fraction of sp³-hybridized carbons (Fsp3) is 0.429. The highest BCUT2D eigenvalue weighted by molar-refractivity contribution is 7.99. The van der Waals surface area contributed by atoms with Gasteiger partial charge in [0.2, 0.25) is 5.91 Å². The molecule has 1 N–H and O–H groups in total. The second-order valence-corrected chi connectivity index (χ2v) is 8.51. The molecule has 10 heteroatoms. The Labute approximate surface area is 184 Å². The van der Waals surface area contributed by atoms with Crippen LogP contribution in [0.15, 0.2) is 29.4 Å². The Morgan fingerprint density at radius 3 is 2.71 bits per heavy atom. The van der Waals surface area contributed by atoms with E-state index in [1.165, 1.54) is 23.9 Å². The molecular formula is C21H25FN6O2S. The summed E-state index contributed by atoms with van der Waals surface area (Å²) in [5, 5.41) is 16.5. The predicted molar refractivity (Wildman–Crippen MR) is 116 cm³/mol. The zero-order valence-electron chi connectivity index (χ0n) is 17.8. The maximum Gasteiger partial charge on any atom is 0.234 e. The second kappa shape index (κ2) is 9.19. The summed E-state index contributed by atoms with van der Waals surface area (Å²) in [6.07, 6.45) is 2.06. The van der Waals surface area contributed by atoms with Crippen LogP contribution in [0.25, 0.3) is 11.4 Å². The molecule has 3 heterocycles. The predicted octanol–water partition coefficient (Wildman–Crippen LogP) is 3.34. The Balaban J connectivity index is 1.51. The van der Waals surface area contributed by atoms with E-state index in [9.17, 15) is 9.18 Å². The Morgan fingerprint density at radius 1 is 1.29 bits per heavy atom. The summed E-state index contributed by atoms with van der Waals surface area (Å²) in [6.45, 7) is 5.11. The number of carbonyl (C=O) groups is 1. The van der Waals surface area contributed by atoms with Crippen LogP contribution in [0.4, 0.5) is 10.1 Å². The van der Waals surface area contributed by atoms with Crippen LogP contribution >= 0.6 is 11.8 Å². The average Bonchev–Trinajstić information content (AvgIpc) is 3.45. The molecule has 1 aromatic carbocycles. The van der Waals surface area contributed by atoms with Gasteiger partial charge in [-0.25, -0.2) is 4.39 Å². The zero-order valence-corrected chi connectivity index (χ0v) is 18.6. The van der Waals surface area contributed by atoms with Crippen molar-refractivity contribution >= 4 is 23.4 Å². The molecule has 8 nitrogen and oxygen atoms in total. The summed E-state index contributed by atoms with van der Waals surface area (Å²) in [6, 6.07) is 6.17. The van der Waals surface area contributed by atoms with E-state index in [0.29, 0.717) is 17.5 Å². The van der Waals surface area contributed by atoms with Gasteiger partial charge in [0.05, 0.1) is 35.5 Å². The number of carbonyl (C=O) groups excluding carboxylic acids is 1. The van der Waals surface area contributed by atoms with E-state index in [1.54, 1.807) is 16.8 Å². The lowest BCUT2D eigenvalue weighted by molar-refractivity contribution is -0.113. The van der Waals surface area contributed by atoms with E-state index >= 15 is 0 Å². The van der Waals surface area contributed by atoms with Crippen LogP contribution in [0.1, 0.15) is 24.2 Å². The van der Waals surface area contributed by atoms with Gasteiger partial charge in [0.15, 0.2) is 11.0 Å². The van der Waals surface area contributed by atoms with E-state index in [1.807, 2.05) is 25.5 Å². The molecular weight excluding hydrogens is 419 g/mol. The molecule has 1 unspecified atom stereocenters. The molecule has 164 valence electrons.